The number of benzene rings is 1. The van der Waals surface area contributed by atoms with Crippen molar-refractivity contribution in [3.8, 4) is 0 Å². The Morgan fingerprint density at radius 1 is 1.16 bits per heavy atom. The monoisotopic (exact) mass is 260 g/mol. The minimum atomic E-state index is 0.0652. The molecule has 0 amide bonds. The molecule has 1 rings (SSSR count). The molecule has 0 aliphatic heterocycles. The Balaban J connectivity index is 2.73. The van der Waals surface area contributed by atoms with Crippen molar-refractivity contribution in [1.82, 2.24) is 4.90 Å². The van der Waals surface area contributed by atoms with Crippen LogP contribution in [0.25, 0.3) is 0 Å². The van der Waals surface area contributed by atoms with Crippen LogP contribution in [0.2, 0.25) is 0 Å². The van der Waals surface area contributed by atoms with Gasteiger partial charge in [0.15, 0.2) is 0 Å². The average molecular weight is 260 g/mol. The molecule has 0 radical (unpaired) electrons. The van der Waals surface area contributed by atoms with Gasteiger partial charge < -0.3 is 15.5 Å². The van der Waals surface area contributed by atoms with Crippen molar-refractivity contribution in [2.45, 2.75) is 0 Å². The van der Waals surface area contributed by atoms with Gasteiger partial charge in [-0.2, -0.15) is 4.99 Å². The highest BCUT2D eigenvalue weighted by atomic mass is 15.2. The van der Waals surface area contributed by atoms with Crippen molar-refractivity contribution in [3.63, 3.8) is 0 Å². The van der Waals surface area contributed by atoms with Gasteiger partial charge in [-0.3, -0.25) is 5.41 Å². The predicted octanol–water partition coefficient (Wildman–Crippen LogP) is 0.983. The molecule has 6 heteroatoms. The lowest BCUT2D eigenvalue weighted by Gasteiger charge is -2.11. The summed E-state index contributed by atoms with van der Waals surface area (Å²) in [5, 5.41) is 7.51. The van der Waals surface area contributed by atoms with Gasteiger partial charge in [-0.1, -0.05) is 12.1 Å². The predicted molar refractivity (Wildman–Crippen MR) is 81.4 cm³/mol. The first-order valence-corrected chi connectivity index (χ1v) is 5.81. The van der Waals surface area contributed by atoms with Crippen molar-refractivity contribution in [1.29, 1.82) is 5.41 Å². The summed E-state index contributed by atoms with van der Waals surface area (Å²) >= 11 is 0. The van der Waals surface area contributed by atoms with Gasteiger partial charge in [0, 0.05) is 40.1 Å². The first-order valence-electron chi connectivity index (χ1n) is 5.81. The third kappa shape index (κ3) is 4.79. The lowest BCUT2D eigenvalue weighted by Crippen LogP contribution is -2.22. The number of nitrogens with one attached hydrogen (secondary N) is 1. The van der Waals surface area contributed by atoms with E-state index in [0.29, 0.717) is 0 Å². The SMILES string of the molecule is CN(C)C(=N)N=C(N)N=Cc1ccc(N(C)C)cc1. The van der Waals surface area contributed by atoms with Crippen molar-refractivity contribution in [3.05, 3.63) is 29.8 Å². The van der Waals surface area contributed by atoms with Gasteiger partial charge in [-0.05, 0) is 17.7 Å². The minimum absolute atomic E-state index is 0.0652. The van der Waals surface area contributed by atoms with Crippen LogP contribution in [-0.4, -0.2) is 51.2 Å². The van der Waals surface area contributed by atoms with E-state index in [2.05, 4.69) is 9.98 Å². The summed E-state index contributed by atoms with van der Waals surface area (Å²) < 4.78 is 0. The number of guanidine groups is 2. The third-order valence-corrected chi connectivity index (χ3v) is 2.40. The molecule has 0 aromatic heterocycles. The van der Waals surface area contributed by atoms with Crippen molar-refractivity contribution >= 4 is 23.8 Å². The van der Waals surface area contributed by atoms with Gasteiger partial charge in [0.05, 0.1) is 0 Å². The van der Waals surface area contributed by atoms with E-state index in [0.717, 1.165) is 11.3 Å². The van der Waals surface area contributed by atoms with Crippen molar-refractivity contribution < 1.29 is 0 Å². The second kappa shape index (κ2) is 6.53. The fraction of sp³-hybridized carbons (Fsp3) is 0.308. The number of aliphatic imine (C=N–C) groups is 2. The van der Waals surface area contributed by atoms with E-state index in [4.69, 9.17) is 11.1 Å². The summed E-state index contributed by atoms with van der Waals surface area (Å²) in [5.41, 5.74) is 7.66. The normalized spacial score (nSPS) is 11.7. The molecule has 0 spiro atoms. The molecule has 102 valence electrons. The van der Waals surface area contributed by atoms with Gasteiger partial charge in [0.1, 0.15) is 0 Å². The van der Waals surface area contributed by atoms with Gasteiger partial charge in [0.25, 0.3) is 0 Å². The van der Waals surface area contributed by atoms with E-state index in [1.807, 2.05) is 43.3 Å². The highest BCUT2D eigenvalue weighted by Crippen LogP contribution is 2.10. The molecule has 0 aliphatic carbocycles. The Morgan fingerprint density at radius 2 is 1.74 bits per heavy atom. The molecule has 1 aromatic carbocycles. The maximum atomic E-state index is 7.51. The van der Waals surface area contributed by atoms with Crippen LogP contribution in [0.1, 0.15) is 5.56 Å². The summed E-state index contributed by atoms with van der Waals surface area (Å²) in [7, 11) is 7.42. The summed E-state index contributed by atoms with van der Waals surface area (Å²) in [4.78, 5) is 11.4. The fourth-order valence-electron chi connectivity index (χ4n) is 1.24. The molecule has 0 saturated carbocycles. The van der Waals surface area contributed by atoms with Crippen LogP contribution in [0.4, 0.5) is 5.69 Å². The summed E-state index contributed by atoms with van der Waals surface area (Å²) in [6, 6.07) is 7.89. The van der Waals surface area contributed by atoms with Gasteiger partial charge >= 0.3 is 0 Å². The number of hydrogen-bond donors (Lipinski definition) is 2. The Labute approximate surface area is 113 Å². The number of anilines is 1. The van der Waals surface area contributed by atoms with Gasteiger partial charge in [0.2, 0.25) is 11.9 Å². The molecule has 0 heterocycles. The van der Waals surface area contributed by atoms with Gasteiger partial charge in [-0.15, -0.1) is 0 Å². The molecule has 0 atom stereocenters. The van der Waals surface area contributed by atoms with E-state index in [1.54, 1.807) is 25.2 Å². The lowest BCUT2D eigenvalue weighted by atomic mass is 10.2. The minimum Gasteiger partial charge on any atom is -0.378 e. The fourth-order valence-corrected chi connectivity index (χ4v) is 1.24. The third-order valence-electron chi connectivity index (χ3n) is 2.40. The van der Waals surface area contributed by atoms with Crippen LogP contribution in [0.15, 0.2) is 34.3 Å². The van der Waals surface area contributed by atoms with Gasteiger partial charge in [-0.25, -0.2) is 4.99 Å². The molecule has 1 aromatic rings. The molecular weight excluding hydrogens is 240 g/mol. The number of nitrogens with zero attached hydrogens (tertiary/aromatic N) is 4. The van der Waals surface area contributed by atoms with Crippen LogP contribution in [0, 0.1) is 5.41 Å². The number of nitrogens with two attached hydrogens (primary N) is 1. The maximum Gasteiger partial charge on any atom is 0.223 e. The number of rotatable bonds is 2. The van der Waals surface area contributed by atoms with E-state index in [9.17, 15) is 0 Å². The van der Waals surface area contributed by atoms with Crippen LogP contribution >= 0.6 is 0 Å². The molecule has 0 bridgehead atoms. The average Bonchev–Trinajstić information content (AvgIpc) is 2.36. The zero-order valence-corrected chi connectivity index (χ0v) is 11.8. The second-order valence-corrected chi connectivity index (χ2v) is 4.43. The Hall–Kier alpha value is -2.37. The number of hydrogen-bond acceptors (Lipinski definition) is 2. The van der Waals surface area contributed by atoms with E-state index in [-0.39, 0.29) is 11.9 Å². The molecule has 0 aliphatic rings. The molecule has 6 nitrogen and oxygen atoms in total. The molecular formula is C13H20N6. The first kappa shape index (κ1) is 14.7. The quantitative estimate of drug-likeness (QED) is 0.614. The molecule has 19 heavy (non-hydrogen) atoms. The highest BCUT2D eigenvalue weighted by molar-refractivity contribution is 5.98. The zero-order valence-electron chi connectivity index (χ0n) is 11.8. The first-order chi connectivity index (χ1) is 8.90. The lowest BCUT2D eigenvalue weighted by molar-refractivity contribution is 0.609. The van der Waals surface area contributed by atoms with Crippen molar-refractivity contribution in [2.24, 2.45) is 15.7 Å². The molecule has 0 unspecified atom stereocenters. The van der Waals surface area contributed by atoms with E-state index in [1.165, 1.54) is 0 Å². The highest BCUT2D eigenvalue weighted by Gasteiger charge is 1.97. The van der Waals surface area contributed by atoms with Crippen LogP contribution in [-0.2, 0) is 0 Å². The largest absolute Gasteiger partial charge is 0.378 e. The summed E-state index contributed by atoms with van der Waals surface area (Å²) in [5.74, 6) is 0.132. The van der Waals surface area contributed by atoms with Crippen LogP contribution in [0.5, 0.6) is 0 Å². The maximum absolute atomic E-state index is 7.51. The summed E-state index contributed by atoms with van der Waals surface area (Å²) in [6.45, 7) is 0. The second-order valence-electron chi connectivity index (χ2n) is 4.43. The Morgan fingerprint density at radius 3 is 2.21 bits per heavy atom. The standard InChI is InChI=1S/C13H20N6/c1-18(2)11-7-5-10(6-8-11)9-16-12(14)17-13(15)19(3)4/h5-9H,1-4H3,(H3,14,15,17). The smallest absolute Gasteiger partial charge is 0.223 e. The summed E-state index contributed by atoms with van der Waals surface area (Å²) in [6.07, 6.45) is 1.63. The zero-order chi connectivity index (χ0) is 14.4. The Kier molecular flexibility index (Phi) is 5.05. The van der Waals surface area contributed by atoms with Crippen LogP contribution in [0.3, 0.4) is 0 Å². The topological polar surface area (TPSA) is 81.1 Å². The van der Waals surface area contributed by atoms with Crippen LogP contribution < -0.4 is 10.6 Å². The van der Waals surface area contributed by atoms with E-state index >= 15 is 0 Å². The molecule has 0 saturated heterocycles. The molecule has 0 fully saturated rings. The van der Waals surface area contributed by atoms with Crippen molar-refractivity contribution in [2.75, 3.05) is 33.1 Å². The molecule has 3 N–H and O–H groups in total. The van der Waals surface area contributed by atoms with E-state index < -0.39 is 0 Å². The Bertz CT molecular complexity index is 484.